The van der Waals surface area contributed by atoms with E-state index in [9.17, 15) is 12.8 Å². The minimum absolute atomic E-state index is 0.0524. The molecule has 0 aliphatic carbocycles. The summed E-state index contributed by atoms with van der Waals surface area (Å²) in [4.78, 5) is 11.4. The van der Waals surface area contributed by atoms with Gasteiger partial charge in [0.1, 0.15) is 11.9 Å². The van der Waals surface area contributed by atoms with Crippen molar-refractivity contribution in [2.45, 2.75) is 18.7 Å². The number of ether oxygens (including phenoxy) is 1. The van der Waals surface area contributed by atoms with Gasteiger partial charge in [-0.2, -0.15) is 5.26 Å². The third-order valence-corrected chi connectivity index (χ3v) is 6.60. The highest BCUT2D eigenvalue weighted by molar-refractivity contribution is 7.92. The van der Waals surface area contributed by atoms with Crippen molar-refractivity contribution in [2.24, 2.45) is 9.98 Å². The molecule has 13 heteroatoms. The second kappa shape index (κ2) is 11.0. The van der Waals surface area contributed by atoms with Crippen LogP contribution in [0.2, 0.25) is 0 Å². The quantitative estimate of drug-likeness (QED) is 0.370. The number of hydrogen-bond donors (Lipinski definition) is 3. The number of amidine groups is 1. The van der Waals surface area contributed by atoms with Crippen LogP contribution in [0.4, 0.5) is 14.5 Å². The summed E-state index contributed by atoms with van der Waals surface area (Å²) in [6.45, 7) is 7.47. The molecule has 0 fully saturated rings. The number of halogens is 2. The Balaban J connectivity index is 1.94. The number of benzene rings is 1. The largest absolute Gasteiger partial charge is 0.480 e. The lowest BCUT2D eigenvalue weighted by atomic mass is 10.1. The molecule has 2 aromatic rings. The van der Waals surface area contributed by atoms with Crippen molar-refractivity contribution in [1.29, 1.82) is 5.26 Å². The minimum atomic E-state index is -4.47. The van der Waals surface area contributed by atoms with Gasteiger partial charge in [-0.05, 0) is 37.6 Å². The van der Waals surface area contributed by atoms with E-state index in [1.807, 2.05) is 0 Å². The Morgan fingerprint density at radius 2 is 2.03 bits per heavy atom. The number of anilines is 1. The van der Waals surface area contributed by atoms with Crippen LogP contribution in [0.5, 0.6) is 5.88 Å². The molecule has 0 atom stereocenters. The van der Waals surface area contributed by atoms with E-state index in [4.69, 9.17) is 10.00 Å². The first-order valence-electron chi connectivity index (χ1n) is 10.6. The highest BCUT2D eigenvalue weighted by Gasteiger charge is 2.26. The molecule has 3 rings (SSSR count). The van der Waals surface area contributed by atoms with Crippen molar-refractivity contribution in [3.8, 4) is 11.9 Å². The Morgan fingerprint density at radius 3 is 2.62 bits per heavy atom. The second-order valence-corrected chi connectivity index (χ2v) is 9.27. The molecule has 2 heterocycles. The summed E-state index contributed by atoms with van der Waals surface area (Å²) in [6.07, 6.45) is 3.79. The minimum Gasteiger partial charge on any atom is -0.480 e. The van der Waals surface area contributed by atoms with Crippen LogP contribution in [-0.4, -0.2) is 39.6 Å². The predicted molar refractivity (Wildman–Crippen MR) is 136 cm³/mol. The maximum atomic E-state index is 15.4. The highest BCUT2D eigenvalue weighted by Crippen LogP contribution is 2.31. The van der Waals surface area contributed by atoms with Gasteiger partial charge < -0.3 is 15.4 Å². The molecule has 0 unspecified atom stereocenters. The van der Waals surface area contributed by atoms with Crippen LogP contribution in [0, 0.1) is 23.0 Å². The third kappa shape index (κ3) is 5.81. The molecule has 0 saturated heterocycles. The Labute approximate surface area is 212 Å². The van der Waals surface area contributed by atoms with Crippen LogP contribution < -0.4 is 20.1 Å². The van der Waals surface area contributed by atoms with E-state index in [0.717, 1.165) is 24.4 Å². The lowest BCUT2D eigenvalue weighted by Gasteiger charge is -2.18. The van der Waals surface area contributed by atoms with Crippen molar-refractivity contribution in [1.82, 2.24) is 15.6 Å². The lowest BCUT2D eigenvalue weighted by molar-refractivity contribution is 0.385. The van der Waals surface area contributed by atoms with Crippen LogP contribution in [0.1, 0.15) is 25.0 Å². The fourth-order valence-corrected chi connectivity index (χ4v) is 4.34. The van der Waals surface area contributed by atoms with Gasteiger partial charge in [0, 0.05) is 25.1 Å². The number of allylic oxidation sites excluding steroid dienone is 2. The molecule has 0 radical (unpaired) electrons. The fraction of sp³-hybridized carbons (Fsp3) is 0.167. The number of aromatic nitrogens is 1. The maximum absolute atomic E-state index is 15.4. The van der Waals surface area contributed by atoms with Crippen molar-refractivity contribution < 1.29 is 21.9 Å². The van der Waals surface area contributed by atoms with Gasteiger partial charge in [0.15, 0.2) is 10.7 Å². The Bertz CT molecular complexity index is 1540. The average molecular weight is 528 g/mol. The molecular formula is C24H23F2N7O3S. The van der Waals surface area contributed by atoms with Crippen molar-refractivity contribution >= 4 is 33.5 Å². The first-order chi connectivity index (χ1) is 17.5. The van der Waals surface area contributed by atoms with Gasteiger partial charge in [0.25, 0.3) is 10.0 Å². The summed E-state index contributed by atoms with van der Waals surface area (Å²) in [5.74, 6) is -1.81. The smallest absolute Gasteiger partial charge is 0.267 e. The molecule has 1 aliphatic heterocycles. The number of hydrogen-bond acceptors (Lipinski definition) is 8. The maximum Gasteiger partial charge on any atom is 0.267 e. The molecule has 10 nitrogen and oxygen atoms in total. The van der Waals surface area contributed by atoms with E-state index in [1.54, 1.807) is 27.0 Å². The van der Waals surface area contributed by atoms with Crippen molar-refractivity contribution in [2.75, 3.05) is 18.9 Å². The third-order valence-electron chi connectivity index (χ3n) is 5.24. The van der Waals surface area contributed by atoms with Crippen LogP contribution in [0.3, 0.4) is 0 Å². The molecular weight excluding hydrogens is 504 g/mol. The Morgan fingerprint density at radius 1 is 1.30 bits per heavy atom. The summed E-state index contributed by atoms with van der Waals surface area (Å²) < 4.78 is 63.0. The topological polar surface area (TPSA) is 141 Å². The van der Waals surface area contributed by atoms with Crippen LogP contribution in [-0.2, 0) is 10.0 Å². The molecule has 1 aliphatic rings. The number of nitriles is 1. The highest BCUT2D eigenvalue weighted by atomic mass is 32.2. The van der Waals surface area contributed by atoms with Crippen LogP contribution in [0.15, 0.2) is 69.0 Å². The summed E-state index contributed by atoms with van der Waals surface area (Å²) in [5, 5.41) is 15.0. The molecule has 0 spiro atoms. The normalized spacial score (nSPS) is 14.7. The Hall–Kier alpha value is -4.57. The first-order valence-corrected chi connectivity index (χ1v) is 12.1. The molecule has 37 heavy (non-hydrogen) atoms. The number of nitrogens with zero attached hydrogens (tertiary/aromatic N) is 4. The number of sulfonamides is 1. The Kier molecular flexibility index (Phi) is 8.04. The number of pyridine rings is 1. The number of methoxy groups -OCH3 is 1. The average Bonchev–Trinajstić information content (AvgIpc) is 2.89. The lowest BCUT2D eigenvalue weighted by Crippen LogP contribution is -2.23. The summed E-state index contributed by atoms with van der Waals surface area (Å²) in [6, 6.07) is 4.64. The van der Waals surface area contributed by atoms with E-state index in [1.165, 1.54) is 19.5 Å². The van der Waals surface area contributed by atoms with Gasteiger partial charge in [0.2, 0.25) is 5.88 Å². The molecule has 1 aromatic carbocycles. The molecule has 3 N–H and O–H groups in total. The van der Waals surface area contributed by atoms with Crippen LogP contribution in [0.25, 0.3) is 5.70 Å². The van der Waals surface area contributed by atoms with Gasteiger partial charge in [-0.3, -0.25) is 14.7 Å². The van der Waals surface area contributed by atoms with Gasteiger partial charge in [0.05, 0.1) is 47.4 Å². The van der Waals surface area contributed by atoms with E-state index in [0.29, 0.717) is 22.8 Å². The van der Waals surface area contributed by atoms with E-state index < -0.39 is 37.8 Å². The molecule has 0 bridgehead atoms. The second-order valence-electron chi connectivity index (χ2n) is 7.62. The van der Waals surface area contributed by atoms with Gasteiger partial charge in [-0.1, -0.05) is 6.58 Å². The van der Waals surface area contributed by atoms with Gasteiger partial charge in [-0.15, -0.1) is 0 Å². The predicted octanol–water partition coefficient (Wildman–Crippen LogP) is 3.44. The SMILES string of the molecule is C=C(NC(C)=NC)/C(C)=C1\C=NC(c2c(F)ccc(NS(=O)(=O)c3cc(C#N)cnc3OC)c2F)=CN1. The summed E-state index contributed by atoms with van der Waals surface area (Å²) in [5.41, 5.74) is 0.509. The van der Waals surface area contributed by atoms with Crippen molar-refractivity contribution in [3.63, 3.8) is 0 Å². The number of rotatable bonds is 7. The zero-order valence-electron chi connectivity index (χ0n) is 20.3. The van der Waals surface area contributed by atoms with E-state index in [2.05, 4.69) is 36.9 Å². The number of aliphatic imine (C=N–C) groups is 2. The van der Waals surface area contributed by atoms with E-state index in [-0.39, 0.29) is 17.1 Å². The van der Waals surface area contributed by atoms with Crippen molar-refractivity contribution in [3.05, 3.63) is 76.9 Å². The van der Waals surface area contributed by atoms with E-state index >= 15 is 4.39 Å². The zero-order chi connectivity index (χ0) is 27.3. The summed E-state index contributed by atoms with van der Waals surface area (Å²) >= 11 is 0. The fourth-order valence-electron chi connectivity index (χ4n) is 3.13. The first kappa shape index (κ1) is 27.0. The summed E-state index contributed by atoms with van der Waals surface area (Å²) in [7, 11) is -1.65. The standard InChI is InChI=1S/C24H23F2N7O3S/c1-13(14(2)32-15(3)28-4)19-11-30-20(12-29-19)22-17(25)6-7-18(23(22)26)33-37(34,35)21-8-16(9-27)10-31-24(21)36-5/h6-8,10-12,29,33H,2H2,1,3-5H3,(H,28,32)/b19-13+. The van der Waals surface area contributed by atoms with Crippen LogP contribution >= 0.6 is 0 Å². The molecule has 192 valence electrons. The molecule has 0 amide bonds. The van der Waals surface area contributed by atoms with Gasteiger partial charge >= 0.3 is 0 Å². The monoisotopic (exact) mass is 527 g/mol. The zero-order valence-corrected chi connectivity index (χ0v) is 21.2. The number of nitrogens with one attached hydrogen (secondary N) is 3. The molecule has 0 saturated carbocycles. The van der Waals surface area contributed by atoms with Gasteiger partial charge in [-0.25, -0.2) is 22.2 Å². The molecule has 1 aromatic heterocycles.